The van der Waals surface area contributed by atoms with E-state index in [1.807, 2.05) is 0 Å². The van der Waals surface area contributed by atoms with Crippen molar-refractivity contribution in [3.63, 3.8) is 0 Å². The molecule has 0 aliphatic rings. The molecule has 1 aromatic carbocycles. The van der Waals surface area contributed by atoms with Crippen LogP contribution in [0.15, 0.2) is 37.6 Å². The van der Waals surface area contributed by atoms with Gasteiger partial charge in [-0.2, -0.15) is 0 Å². The summed E-state index contributed by atoms with van der Waals surface area (Å²) >= 11 is 6.32. The molecule has 0 spiro atoms. The molecule has 2 nitrogen and oxygen atoms in total. The van der Waals surface area contributed by atoms with Crippen molar-refractivity contribution in [3.8, 4) is 11.3 Å². The minimum Gasteiger partial charge on any atom is -0.453 e. The second-order valence-electron chi connectivity index (χ2n) is 3.04. The third-order valence-corrected chi connectivity index (χ3v) is 4.01. The summed E-state index contributed by atoms with van der Waals surface area (Å²) in [5.41, 5.74) is 0.308. The molecule has 82 valence electrons. The van der Waals surface area contributed by atoms with Gasteiger partial charge in [0.05, 0.1) is 10.0 Å². The Kier molecular flexibility index (Phi) is 3.25. The Hall–Kier alpha value is -0.940. The maximum absolute atomic E-state index is 13.8. The summed E-state index contributed by atoms with van der Waals surface area (Å²) in [6, 6.07) is 6.34. The summed E-state index contributed by atoms with van der Waals surface area (Å²) in [5.74, 6) is 0.0717. The fraction of sp³-hybridized carbons (Fsp3) is 0. The van der Waals surface area contributed by atoms with E-state index in [-0.39, 0.29) is 5.76 Å². The first-order chi connectivity index (χ1) is 7.63. The minimum absolute atomic E-state index is 0.174. The average molecular weight is 348 g/mol. The van der Waals surface area contributed by atoms with Crippen LogP contribution in [0.2, 0.25) is 0 Å². The fourth-order valence-electron chi connectivity index (χ4n) is 1.28. The van der Waals surface area contributed by atoms with Crippen LogP contribution in [0, 0.1) is 5.82 Å². The van der Waals surface area contributed by atoms with Crippen LogP contribution < -0.4 is 0 Å². The number of hydrogen-bond acceptors (Lipinski definition) is 2. The van der Waals surface area contributed by atoms with Gasteiger partial charge in [-0.05, 0) is 56.1 Å². The lowest BCUT2D eigenvalue weighted by Gasteiger charge is -2.03. The van der Waals surface area contributed by atoms with Crippen LogP contribution in [0.25, 0.3) is 11.3 Å². The first-order valence-corrected chi connectivity index (χ1v) is 5.91. The van der Waals surface area contributed by atoms with Crippen molar-refractivity contribution >= 4 is 38.1 Å². The van der Waals surface area contributed by atoms with Crippen molar-refractivity contribution in [2.75, 3.05) is 0 Å². The van der Waals surface area contributed by atoms with Gasteiger partial charge in [-0.1, -0.05) is 0 Å². The van der Waals surface area contributed by atoms with Crippen LogP contribution in [0.5, 0.6) is 0 Å². The zero-order valence-electron chi connectivity index (χ0n) is 7.84. The van der Waals surface area contributed by atoms with Gasteiger partial charge in [0.25, 0.3) is 0 Å². The van der Waals surface area contributed by atoms with Crippen molar-refractivity contribution in [1.29, 1.82) is 0 Å². The lowest BCUT2D eigenvalue weighted by molar-refractivity contribution is 0.110. The molecule has 0 unspecified atom stereocenters. The van der Waals surface area contributed by atoms with Crippen molar-refractivity contribution in [2.24, 2.45) is 0 Å². The molecular weight excluding hydrogens is 343 g/mol. The number of benzene rings is 1. The Bertz CT molecular complexity index is 549. The molecule has 2 rings (SSSR count). The lowest BCUT2D eigenvalue weighted by atomic mass is 10.1. The molecule has 0 saturated carbocycles. The van der Waals surface area contributed by atoms with Gasteiger partial charge in [0.1, 0.15) is 11.6 Å². The van der Waals surface area contributed by atoms with E-state index in [2.05, 4.69) is 31.9 Å². The van der Waals surface area contributed by atoms with Gasteiger partial charge in [-0.3, -0.25) is 4.79 Å². The monoisotopic (exact) mass is 346 g/mol. The summed E-state index contributed by atoms with van der Waals surface area (Å²) in [4.78, 5) is 10.5. The molecule has 16 heavy (non-hydrogen) atoms. The molecule has 5 heteroatoms. The van der Waals surface area contributed by atoms with E-state index in [1.165, 1.54) is 6.07 Å². The van der Waals surface area contributed by atoms with Gasteiger partial charge < -0.3 is 4.42 Å². The number of furan rings is 1. The van der Waals surface area contributed by atoms with Crippen molar-refractivity contribution < 1.29 is 13.6 Å². The summed E-state index contributed by atoms with van der Waals surface area (Å²) in [6.07, 6.45) is 0.579. The van der Waals surface area contributed by atoms with Gasteiger partial charge in [-0.15, -0.1) is 0 Å². The predicted octanol–water partition coefficient (Wildman–Crippen LogP) is 4.42. The SMILES string of the molecule is O=Cc1ccc(-c2ccc(Br)c(Br)c2F)o1. The van der Waals surface area contributed by atoms with Crippen LogP contribution in [-0.4, -0.2) is 6.29 Å². The summed E-state index contributed by atoms with van der Waals surface area (Å²) in [7, 11) is 0. The second kappa shape index (κ2) is 4.51. The van der Waals surface area contributed by atoms with Crippen LogP contribution in [0.1, 0.15) is 10.6 Å². The molecule has 0 aliphatic heterocycles. The van der Waals surface area contributed by atoms with E-state index in [4.69, 9.17) is 4.42 Å². The second-order valence-corrected chi connectivity index (χ2v) is 4.69. The highest BCUT2D eigenvalue weighted by molar-refractivity contribution is 9.13. The highest BCUT2D eigenvalue weighted by Gasteiger charge is 2.14. The summed E-state index contributed by atoms with van der Waals surface area (Å²) in [6.45, 7) is 0. The zero-order valence-corrected chi connectivity index (χ0v) is 11.0. The summed E-state index contributed by atoms with van der Waals surface area (Å²) < 4.78 is 19.9. The first kappa shape index (κ1) is 11.5. The standard InChI is InChI=1S/C11H5Br2FO2/c12-8-3-2-7(11(14)10(8)13)9-4-1-6(5-15)16-9/h1-5H. The highest BCUT2D eigenvalue weighted by atomic mass is 79.9. The van der Waals surface area contributed by atoms with Gasteiger partial charge in [0.15, 0.2) is 12.0 Å². The zero-order chi connectivity index (χ0) is 11.7. The van der Waals surface area contributed by atoms with Gasteiger partial charge in [0.2, 0.25) is 0 Å². The van der Waals surface area contributed by atoms with E-state index in [0.29, 0.717) is 26.6 Å². The van der Waals surface area contributed by atoms with E-state index < -0.39 is 5.82 Å². The molecule has 0 fully saturated rings. The lowest BCUT2D eigenvalue weighted by Crippen LogP contribution is -1.85. The molecule has 0 saturated heterocycles. The Morgan fingerprint density at radius 3 is 2.56 bits per heavy atom. The van der Waals surface area contributed by atoms with E-state index >= 15 is 0 Å². The van der Waals surface area contributed by atoms with Crippen LogP contribution in [-0.2, 0) is 0 Å². The number of hydrogen-bond donors (Lipinski definition) is 0. The van der Waals surface area contributed by atoms with E-state index in [9.17, 15) is 9.18 Å². The van der Waals surface area contributed by atoms with Crippen molar-refractivity contribution in [3.05, 3.63) is 44.8 Å². The minimum atomic E-state index is -0.429. The average Bonchev–Trinajstić information content (AvgIpc) is 2.74. The van der Waals surface area contributed by atoms with E-state index in [0.717, 1.165) is 0 Å². The topological polar surface area (TPSA) is 30.2 Å². The smallest absolute Gasteiger partial charge is 0.185 e. The molecule has 2 aromatic rings. The molecular formula is C11H5Br2FO2. The van der Waals surface area contributed by atoms with Crippen LogP contribution in [0.4, 0.5) is 4.39 Å². The van der Waals surface area contributed by atoms with Crippen molar-refractivity contribution in [1.82, 2.24) is 0 Å². The number of aldehydes is 1. The van der Waals surface area contributed by atoms with E-state index in [1.54, 1.807) is 18.2 Å². The number of rotatable bonds is 2. The number of carbonyl (C=O) groups excluding carboxylic acids is 1. The maximum Gasteiger partial charge on any atom is 0.185 e. The molecule has 0 atom stereocenters. The van der Waals surface area contributed by atoms with Crippen LogP contribution in [0.3, 0.4) is 0 Å². The van der Waals surface area contributed by atoms with Gasteiger partial charge in [0, 0.05) is 4.47 Å². The molecule has 1 heterocycles. The molecule has 1 aromatic heterocycles. The largest absolute Gasteiger partial charge is 0.453 e. The summed E-state index contributed by atoms with van der Waals surface area (Å²) in [5, 5.41) is 0. The van der Waals surface area contributed by atoms with Crippen LogP contribution >= 0.6 is 31.9 Å². The Morgan fingerprint density at radius 1 is 1.19 bits per heavy atom. The normalized spacial score (nSPS) is 10.4. The molecule has 0 amide bonds. The predicted molar refractivity (Wildman–Crippen MR) is 64.9 cm³/mol. The first-order valence-electron chi connectivity index (χ1n) is 4.32. The molecule has 0 bridgehead atoms. The highest BCUT2D eigenvalue weighted by Crippen LogP contribution is 2.33. The maximum atomic E-state index is 13.8. The number of halogens is 3. The Balaban J connectivity index is 2.56. The Labute approximate surface area is 108 Å². The molecule has 0 radical (unpaired) electrons. The number of carbonyl (C=O) groups is 1. The quantitative estimate of drug-likeness (QED) is 0.594. The fourth-order valence-corrected chi connectivity index (χ4v) is 1.93. The third-order valence-electron chi connectivity index (χ3n) is 2.04. The van der Waals surface area contributed by atoms with Gasteiger partial charge >= 0.3 is 0 Å². The molecule has 0 N–H and O–H groups in total. The molecule has 0 aliphatic carbocycles. The Morgan fingerprint density at radius 2 is 1.94 bits per heavy atom. The van der Waals surface area contributed by atoms with Crippen molar-refractivity contribution in [2.45, 2.75) is 0 Å². The third kappa shape index (κ3) is 1.97. The van der Waals surface area contributed by atoms with Gasteiger partial charge in [-0.25, -0.2) is 4.39 Å².